The van der Waals surface area contributed by atoms with Crippen molar-refractivity contribution in [2.45, 2.75) is 45.3 Å². The van der Waals surface area contributed by atoms with E-state index in [0.29, 0.717) is 6.10 Å². The fourth-order valence-corrected chi connectivity index (χ4v) is 2.00. The summed E-state index contributed by atoms with van der Waals surface area (Å²) in [7, 11) is 0. The number of hydrogen-bond acceptors (Lipinski definition) is 3. The van der Waals surface area contributed by atoms with E-state index in [2.05, 4.69) is 25.7 Å². The van der Waals surface area contributed by atoms with Gasteiger partial charge in [-0.05, 0) is 20.3 Å². The average Bonchev–Trinajstić information content (AvgIpc) is 2.02. The molecule has 0 aromatic heterocycles. The number of morpholine rings is 1. The van der Waals surface area contributed by atoms with E-state index < -0.39 is 0 Å². The highest BCUT2D eigenvalue weighted by Crippen LogP contribution is 2.12. The second-order valence-corrected chi connectivity index (χ2v) is 5.01. The first-order valence-electron chi connectivity index (χ1n) is 5.64. The quantitative estimate of drug-likeness (QED) is 0.741. The van der Waals surface area contributed by atoms with Crippen molar-refractivity contribution in [3.8, 4) is 0 Å². The SMILES string of the molecule is CCCC1CN(CC(C)(C)N)CCO1. The zero-order chi connectivity index (χ0) is 10.6. The van der Waals surface area contributed by atoms with Crippen molar-refractivity contribution in [3.05, 3.63) is 0 Å². The summed E-state index contributed by atoms with van der Waals surface area (Å²) in [6.45, 7) is 10.3. The Bertz CT molecular complexity index is 163. The van der Waals surface area contributed by atoms with E-state index in [4.69, 9.17) is 10.5 Å². The molecule has 0 bridgehead atoms. The maximum absolute atomic E-state index is 6.00. The molecule has 2 N–H and O–H groups in total. The van der Waals surface area contributed by atoms with Gasteiger partial charge in [0.05, 0.1) is 12.7 Å². The molecule has 0 aliphatic carbocycles. The molecule has 14 heavy (non-hydrogen) atoms. The monoisotopic (exact) mass is 200 g/mol. The molecular weight excluding hydrogens is 176 g/mol. The first-order chi connectivity index (χ1) is 6.51. The van der Waals surface area contributed by atoms with E-state index in [1.54, 1.807) is 0 Å². The predicted molar refractivity (Wildman–Crippen MR) is 59.4 cm³/mol. The highest BCUT2D eigenvalue weighted by molar-refractivity contribution is 4.80. The normalized spacial score (nSPS) is 25.3. The molecule has 3 heteroatoms. The smallest absolute Gasteiger partial charge is 0.0702 e. The third kappa shape index (κ3) is 4.40. The van der Waals surface area contributed by atoms with E-state index in [-0.39, 0.29) is 5.54 Å². The molecule has 3 nitrogen and oxygen atoms in total. The van der Waals surface area contributed by atoms with E-state index in [0.717, 1.165) is 26.2 Å². The molecule has 1 fully saturated rings. The van der Waals surface area contributed by atoms with Gasteiger partial charge in [0, 0.05) is 25.2 Å². The summed E-state index contributed by atoms with van der Waals surface area (Å²) in [6, 6.07) is 0. The van der Waals surface area contributed by atoms with Gasteiger partial charge in [-0.15, -0.1) is 0 Å². The molecule has 0 aromatic carbocycles. The van der Waals surface area contributed by atoms with E-state index in [9.17, 15) is 0 Å². The Hall–Kier alpha value is -0.120. The van der Waals surface area contributed by atoms with Crippen LogP contribution in [0.1, 0.15) is 33.6 Å². The van der Waals surface area contributed by atoms with Crippen LogP contribution in [0.3, 0.4) is 0 Å². The Labute approximate surface area is 87.6 Å². The van der Waals surface area contributed by atoms with Gasteiger partial charge in [0.2, 0.25) is 0 Å². The number of hydrogen-bond donors (Lipinski definition) is 1. The van der Waals surface area contributed by atoms with Crippen molar-refractivity contribution in [1.82, 2.24) is 4.90 Å². The second kappa shape index (κ2) is 5.10. The molecule has 1 heterocycles. The molecule has 84 valence electrons. The molecule has 0 saturated carbocycles. The lowest BCUT2D eigenvalue weighted by atomic mass is 10.1. The van der Waals surface area contributed by atoms with Crippen LogP contribution < -0.4 is 5.73 Å². The van der Waals surface area contributed by atoms with Crippen LogP contribution in [0.2, 0.25) is 0 Å². The number of nitrogens with two attached hydrogens (primary N) is 1. The van der Waals surface area contributed by atoms with Crippen molar-refractivity contribution in [3.63, 3.8) is 0 Å². The summed E-state index contributed by atoms with van der Waals surface area (Å²) in [6.07, 6.45) is 2.79. The molecule has 0 radical (unpaired) electrons. The Morgan fingerprint density at radius 3 is 2.79 bits per heavy atom. The van der Waals surface area contributed by atoms with Gasteiger partial charge in [-0.1, -0.05) is 13.3 Å². The Morgan fingerprint density at radius 2 is 2.21 bits per heavy atom. The maximum Gasteiger partial charge on any atom is 0.0702 e. The van der Waals surface area contributed by atoms with Crippen molar-refractivity contribution < 1.29 is 4.74 Å². The van der Waals surface area contributed by atoms with Gasteiger partial charge in [0.1, 0.15) is 0 Å². The van der Waals surface area contributed by atoms with Crippen LogP contribution in [0.4, 0.5) is 0 Å². The molecule has 1 aliphatic heterocycles. The molecule has 0 spiro atoms. The van der Waals surface area contributed by atoms with Gasteiger partial charge in [-0.3, -0.25) is 4.90 Å². The largest absolute Gasteiger partial charge is 0.376 e. The minimum absolute atomic E-state index is 0.0892. The van der Waals surface area contributed by atoms with Crippen molar-refractivity contribution >= 4 is 0 Å². The molecule has 1 aliphatic rings. The standard InChI is InChI=1S/C11H24N2O/c1-4-5-10-8-13(6-7-14-10)9-11(2,3)12/h10H,4-9,12H2,1-3H3. The molecule has 0 amide bonds. The lowest BCUT2D eigenvalue weighted by Gasteiger charge is -2.36. The Balaban J connectivity index is 2.32. The van der Waals surface area contributed by atoms with Gasteiger partial charge in [-0.2, -0.15) is 0 Å². The third-order valence-corrected chi connectivity index (χ3v) is 2.46. The Kier molecular flexibility index (Phi) is 4.35. The highest BCUT2D eigenvalue weighted by atomic mass is 16.5. The average molecular weight is 200 g/mol. The van der Waals surface area contributed by atoms with Crippen LogP contribution >= 0.6 is 0 Å². The molecule has 0 aromatic rings. The maximum atomic E-state index is 6.00. The summed E-state index contributed by atoms with van der Waals surface area (Å²) in [5, 5.41) is 0. The number of ether oxygens (including phenoxy) is 1. The van der Waals surface area contributed by atoms with Crippen molar-refractivity contribution in [1.29, 1.82) is 0 Å². The topological polar surface area (TPSA) is 38.5 Å². The highest BCUT2D eigenvalue weighted by Gasteiger charge is 2.23. The van der Waals surface area contributed by atoms with Crippen molar-refractivity contribution in [2.75, 3.05) is 26.2 Å². The summed E-state index contributed by atoms with van der Waals surface area (Å²) >= 11 is 0. The molecular formula is C11H24N2O. The molecule has 1 rings (SSSR count). The van der Waals surface area contributed by atoms with Crippen LogP contribution in [0, 0.1) is 0 Å². The predicted octanol–water partition coefficient (Wildman–Crippen LogP) is 1.22. The van der Waals surface area contributed by atoms with Crippen LogP contribution in [-0.2, 0) is 4.74 Å². The van der Waals surface area contributed by atoms with E-state index in [1.807, 2.05) is 0 Å². The zero-order valence-electron chi connectivity index (χ0n) is 9.75. The van der Waals surface area contributed by atoms with Gasteiger partial charge < -0.3 is 10.5 Å². The zero-order valence-corrected chi connectivity index (χ0v) is 9.75. The number of rotatable bonds is 4. The number of nitrogens with zero attached hydrogens (tertiary/aromatic N) is 1. The van der Waals surface area contributed by atoms with E-state index >= 15 is 0 Å². The fourth-order valence-electron chi connectivity index (χ4n) is 2.00. The minimum atomic E-state index is -0.0892. The summed E-state index contributed by atoms with van der Waals surface area (Å²) < 4.78 is 5.68. The van der Waals surface area contributed by atoms with Gasteiger partial charge in [0.15, 0.2) is 0 Å². The molecule has 1 atom stereocenters. The minimum Gasteiger partial charge on any atom is -0.376 e. The second-order valence-electron chi connectivity index (χ2n) is 5.01. The lowest BCUT2D eigenvalue weighted by molar-refractivity contribution is -0.0366. The Morgan fingerprint density at radius 1 is 1.50 bits per heavy atom. The fraction of sp³-hybridized carbons (Fsp3) is 1.00. The van der Waals surface area contributed by atoms with E-state index in [1.165, 1.54) is 12.8 Å². The molecule has 1 unspecified atom stereocenters. The first-order valence-corrected chi connectivity index (χ1v) is 5.64. The summed E-state index contributed by atoms with van der Waals surface area (Å²) in [5.74, 6) is 0. The van der Waals surface area contributed by atoms with Gasteiger partial charge >= 0.3 is 0 Å². The van der Waals surface area contributed by atoms with Crippen LogP contribution in [0.5, 0.6) is 0 Å². The summed E-state index contributed by atoms with van der Waals surface area (Å²) in [4.78, 5) is 2.42. The van der Waals surface area contributed by atoms with Crippen LogP contribution in [0.15, 0.2) is 0 Å². The first kappa shape index (κ1) is 12.0. The third-order valence-electron chi connectivity index (χ3n) is 2.46. The lowest BCUT2D eigenvalue weighted by Crippen LogP contribution is -2.51. The van der Waals surface area contributed by atoms with Crippen LogP contribution in [0.25, 0.3) is 0 Å². The van der Waals surface area contributed by atoms with Crippen LogP contribution in [-0.4, -0.2) is 42.8 Å². The van der Waals surface area contributed by atoms with Gasteiger partial charge in [0.25, 0.3) is 0 Å². The van der Waals surface area contributed by atoms with Crippen molar-refractivity contribution in [2.24, 2.45) is 5.73 Å². The molecule has 1 saturated heterocycles. The summed E-state index contributed by atoms with van der Waals surface area (Å²) in [5.41, 5.74) is 5.91. The van der Waals surface area contributed by atoms with Gasteiger partial charge in [-0.25, -0.2) is 0 Å².